The Morgan fingerprint density at radius 3 is 2.81 bits per heavy atom. The highest BCUT2D eigenvalue weighted by atomic mass is 16.5. The van der Waals surface area contributed by atoms with E-state index in [1.165, 1.54) is 4.90 Å². The molecule has 2 aromatic rings. The molecule has 1 atom stereocenters. The highest BCUT2D eigenvalue weighted by Gasteiger charge is 2.53. The summed E-state index contributed by atoms with van der Waals surface area (Å²) < 4.78 is 17.9. The number of nitrogens with zero attached hydrogens (tertiary/aromatic N) is 2. The predicted molar refractivity (Wildman–Crippen MR) is 96.6 cm³/mol. The van der Waals surface area contributed by atoms with E-state index in [9.17, 15) is 0 Å². The Morgan fingerprint density at radius 1 is 1.23 bits per heavy atom. The molecular formula is C20H24N3O3+. The highest BCUT2D eigenvalue weighted by molar-refractivity contribution is 5.99. The number of para-hydroxylation sites is 1. The molecule has 26 heavy (non-hydrogen) atoms. The third-order valence-electron chi connectivity index (χ3n) is 5.90. The smallest absolute Gasteiger partial charge is 0.209 e. The lowest BCUT2D eigenvalue weighted by molar-refractivity contribution is -0.888. The van der Waals surface area contributed by atoms with Gasteiger partial charge in [0, 0.05) is 12.0 Å². The first-order chi connectivity index (χ1) is 12.7. The number of hydrogen-bond donors (Lipinski definition) is 1. The van der Waals surface area contributed by atoms with Crippen LogP contribution in [0.3, 0.4) is 0 Å². The van der Waals surface area contributed by atoms with Crippen molar-refractivity contribution < 1.29 is 18.8 Å². The average Bonchev–Trinajstić information content (AvgIpc) is 3.34. The van der Waals surface area contributed by atoms with E-state index < -0.39 is 5.72 Å². The first-order valence-corrected chi connectivity index (χ1v) is 9.28. The summed E-state index contributed by atoms with van der Waals surface area (Å²) in [4.78, 5) is 1.54. The number of rotatable bonds is 2. The summed E-state index contributed by atoms with van der Waals surface area (Å²) in [6, 6.07) is 10.2. The van der Waals surface area contributed by atoms with Crippen molar-refractivity contribution in [3.05, 3.63) is 47.9 Å². The van der Waals surface area contributed by atoms with E-state index in [1.807, 2.05) is 24.3 Å². The van der Waals surface area contributed by atoms with Gasteiger partial charge in [0.2, 0.25) is 5.72 Å². The molecular weight excluding hydrogens is 330 g/mol. The molecule has 4 heterocycles. The molecule has 3 aliphatic rings. The van der Waals surface area contributed by atoms with Crippen LogP contribution in [0.4, 0.5) is 0 Å². The van der Waals surface area contributed by atoms with Gasteiger partial charge in [0.05, 0.1) is 52.4 Å². The van der Waals surface area contributed by atoms with Crippen LogP contribution in [0.2, 0.25) is 0 Å². The number of hydrogen-bond acceptors (Lipinski definition) is 5. The fourth-order valence-electron chi connectivity index (χ4n) is 4.42. The van der Waals surface area contributed by atoms with E-state index in [2.05, 4.69) is 18.1 Å². The number of furan rings is 1. The summed E-state index contributed by atoms with van der Waals surface area (Å²) in [5.74, 6) is 2.53. The van der Waals surface area contributed by atoms with Crippen LogP contribution in [-0.2, 0) is 0 Å². The van der Waals surface area contributed by atoms with Gasteiger partial charge in [-0.15, -0.1) is 0 Å². The van der Waals surface area contributed by atoms with Crippen molar-refractivity contribution >= 4 is 5.71 Å². The average molecular weight is 354 g/mol. The minimum absolute atomic E-state index is 0.160. The molecule has 0 amide bonds. The first kappa shape index (κ1) is 15.8. The molecule has 0 unspecified atom stereocenters. The molecule has 0 bridgehead atoms. The first-order valence-electron chi connectivity index (χ1n) is 9.28. The number of likely N-dealkylation sites (tertiary alicyclic amines) is 1. The highest BCUT2D eigenvalue weighted by Crippen LogP contribution is 2.52. The molecule has 0 radical (unpaired) electrons. The van der Waals surface area contributed by atoms with Crippen molar-refractivity contribution in [2.45, 2.75) is 31.0 Å². The molecule has 1 spiro atoms. The summed E-state index contributed by atoms with van der Waals surface area (Å²) in [5, 5.41) is 7.20. The minimum Gasteiger partial charge on any atom is -0.493 e. The molecule has 1 aromatic heterocycles. The van der Waals surface area contributed by atoms with Gasteiger partial charge >= 0.3 is 0 Å². The lowest BCUT2D eigenvalue weighted by Crippen LogP contribution is -3.11. The second kappa shape index (κ2) is 5.77. The van der Waals surface area contributed by atoms with E-state index >= 15 is 0 Å². The van der Waals surface area contributed by atoms with E-state index in [1.54, 1.807) is 13.4 Å². The third kappa shape index (κ3) is 2.25. The largest absolute Gasteiger partial charge is 0.493 e. The molecule has 3 aliphatic heterocycles. The molecule has 6 nitrogen and oxygen atoms in total. The van der Waals surface area contributed by atoms with E-state index in [-0.39, 0.29) is 6.04 Å². The van der Waals surface area contributed by atoms with E-state index in [0.29, 0.717) is 0 Å². The van der Waals surface area contributed by atoms with Gasteiger partial charge in [-0.1, -0.05) is 12.1 Å². The van der Waals surface area contributed by atoms with Gasteiger partial charge in [0.15, 0.2) is 11.5 Å². The maximum Gasteiger partial charge on any atom is 0.209 e. The zero-order valence-corrected chi connectivity index (χ0v) is 15.2. The van der Waals surface area contributed by atoms with Crippen LogP contribution in [0, 0.1) is 0 Å². The van der Waals surface area contributed by atoms with Gasteiger partial charge in [0.1, 0.15) is 11.5 Å². The van der Waals surface area contributed by atoms with Crippen LogP contribution in [0.5, 0.6) is 11.5 Å². The van der Waals surface area contributed by atoms with Crippen LogP contribution in [0.15, 0.2) is 46.1 Å². The SMILES string of the molecule is COc1cccc2c1OC1(CC[NH+](C)CC1)N1N=C(c3ccco3)C[C@H]21. The zero-order valence-electron chi connectivity index (χ0n) is 15.2. The molecule has 136 valence electrons. The topological polar surface area (TPSA) is 51.6 Å². The molecule has 1 aromatic carbocycles. The zero-order chi connectivity index (χ0) is 17.7. The Bertz CT molecular complexity index is 838. The fourth-order valence-corrected chi connectivity index (χ4v) is 4.42. The Kier molecular flexibility index (Phi) is 3.50. The van der Waals surface area contributed by atoms with Gasteiger partial charge in [-0.2, -0.15) is 5.10 Å². The van der Waals surface area contributed by atoms with Gasteiger partial charge in [-0.3, -0.25) is 0 Å². The van der Waals surface area contributed by atoms with Crippen molar-refractivity contribution in [1.29, 1.82) is 0 Å². The Hall–Kier alpha value is -2.47. The molecule has 5 rings (SSSR count). The maximum absolute atomic E-state index is 6.66. The fraction of sp³-hybridized carbons (Fsp3) is 0.450. The second-order valence-electron chi connectivity index (χ2n) is 7.47. The third-order valence-corrected chi connectivity index (χ3v) is 5.90. The van der Waals surface area contributed by atoms with Crippen molar-refractivity contribution in [2.24, 2.45) is 5.10 Å². The Labute approximate surface area is 153 Å². The van der Waals surface area contributed by atoms with Gasteiger partial charge in [-0.05, 0) is 18.2 Å². The second-order valence-corrected chi connectivity index (χ2v) is 7.47. The Balaban J connectivity index is 1.62. The van der Waals surface area contributed by atoms with E-state index in [4.69, 9.17) is 19.0 Å². The number of hydrazone groups is 1. The van der Waals surface area contributed by atoms with Gasteiger partial charge in [-0.25, -0.2) is 5.01 Å². The van der Waals surface area contributed by atoms with Crippen molar-refractivity contribution in [3.8, 4) is 11.5 Å². The van der Waals surface area contributed by atoms with Crippen molar-refractivity contribution in [1.82, 2.24) is 5.01 Å². The van der Waals surface area contributed by atoms with Crippen LogP contribution in [-0.4, -0.2) is 43.7 Å². The number of methoxy groups -OCH3 is 1. The normalized spacial score (nSPS) is 29.8. The summed E-state index contributed by atoms with van der Waals surface area (Å²) in [6.07, 6.45) is 4.42. The van der Waals surface area contributed by atoms with Gasteiger partial charge < -0.3 is 18.8 Å². The molecule has 1 N–H and O–H groups in total. The number of benzene rings is 1. The van der Waals surface area contributed by atoms with Crippen molar-refractivity contribution in [2.75, 3.05) is 27.2 Å². The lowest BCUT2D eigenvalue weighted by Gasteiger charge is -2.49. The summed E-state index contributed by atoms with van der Waals surface area (Å²) >= 11 is 0. The van der Waals surface area contributed by atoms with Crippen LogP contribution >= 0.6 is 0 Å². The number of ether oxygens (including phenoxy) is 2. The molecule has 1 fully saturated rings. The number of nitrogens with one attached hydrogen (secondary N) is 1. The lowest BCUT2D eigenvalue weighted by atomic mass is 9.91. The summed E-state index contributed by atoms with van der Waals surface area (Å²) in [5.41, 5.74) is 1.73. The molecule has 1 saturated heterocycles. The minimum atomic E-state index is -0.403. The predicted octanol–water partition coefficient (Wildman–Crippen LogP) is 1.84. The van der Waals surface area contributed by atoms with Crippen LogP contribution < -0.4 is 14.4 Å². The monoisotopic (exact) mass is 354 g/mol. The number of piperidine rings is 1. The Morgan fingerprint density at radius 2 is 2.08 bits per heavy atom. The summed E-state index contributed by atoms with van der Waals surface area (Å²) in [7, 11) is 3.94. The van der Waals surface area contributed by atoms with Crippen molar-refractivity contribution in [3.63, 3.8) is 0 Å². The maximum atomic E-state index is 6.66. The number of fused-ring (bicyclic) bond motifs is 4. The van der Waals surface area contributed by atoms with Crippen LogP contribution in [0.1, 0.15) is 36.6 Å². The quantitative estimate of drug-likeness (QED) is 0.894. The summed E-state index contributed by atoms with van der Waals surface area (Å²) in [6.45, 7) is 2.14. The van der Waals surface area contributed by atoms with Gasteiger partial charge in [0.25, 0.3) is 0 Å². The molecule has 0 saturated carbocycles. The number of quaternary nitrogens is 1. The van der Waals surface area contributed by atoms with Crippen LogP contribution in [0.25, 0.3) is 0 Å². The van der Waals surface area contributed by atoms with E-state index in [0.717, 1.165) is 60.9 Å². The standard InChI is InChI=1S/C20H23N3O3/c1-22-10-8-20(9-11-22)23-16(13-15(21-23)17-7-4-12-25-17)14-5-3-6-18(24-2)19(14)26-20/h3-7,12,16H,8-11,13H2,1-2H3/p+1/t16-/m1/s1. The molecule has 0 aliphatic carbocycles. The molecule has 6 heteroatoms.